The van der Waals surface area contributed by atoms with Crippen LogP contribution in [0.5, 0.6) is 0 Å². The molecule has 3 fully saturated rings. The van der Waals surface area contributed by atoms with Crippen LogP contribution in [0.1, 0.15) is 76.5 Å². The predicted octanol–water partition coefficient (Wildman–Crippen LogP) is 4.32. The summed E-state index contributed by atoms with van der Waals surface area (Å²) < 4.78 is 6.49. The van der Waals surface area contributed by atoms with Crippen molar-refractivity contribution in [1.82, 2.24) is 10.2 Å². The van der Waals surface area contributed by atoms with Gasteiger partial charge in [-0.15, -0.1) is 11.3 Å². The van der Waals surface area contributed by atoms with Crippen LogP contribution in [0.4, 0.5) is 0 Å². The lowest BCUT2D eigenvalue weighted by Crippen LogP contribution is -2.57. The number of hydrogen-bond acceptors (Lipinski definition) is 5. The average molecular weight is 461 g/mol. The normalized spacial score (nSPS) is 36.3. The molecule has 178 valence electrons. The second-order valence-corrected chi connectivity index (χ2v) is 12.5. The topological polar surface area (TPSA) is 58.6 Å². The fourth-order valence-corrected chi connectivity index (χ4v) is 7.55. The van der Waals surface area contributed by atoms with Crippen LogP contribution >= 0.6 is 11.3 Å². The van der Waals surface area contributed by atoms with E-state index < -0.39 is 5.41 Å². The molecular formula is C26H40N2O3S. The van der Waals surface area contributed by atoms with E-state index in [1.54, 1.807) is 4.88 Å². The molecule has 3 atom stereocenters. The van der Waals surface area contributed by atoms with E-state index in [1.165, 1.54) is 10.4 Å². The Morgan fingerprint density at radius 2 is 2.16 bits per heavy atom. The monoisotopic (exact) mass is 460 g/mol. The van der Waals surface area contributed by atoms with Gasteiger partial charge in [0.2, 0.25) is 5.91 Å². The molecule has 1 N–H and O–H groups in total. The number of ether oxygens (including phenoxy) is 1. The molecule has 1 amide bonds. The Morgan fingerprint density at radius 1 is 1.38 bits per heavy atom. The van der Waals surface area contributed by atoms with Crippen LogP contribution in [-0.2, 0) is 32.8 Å². The number of rotatable bonds is 5. The zero-order valence-corrected chi connectivity index (χ0v) is 20.9. The summed E-state index contributed by atoms with van der Waals surface area (Å²) in [6, 6.07) is 3.22. The van der Waals surface area contributed by atoms with Crippen LogP contribution in [0.2, 0.25) is 0 Å². The van der Waals surface area contributed by atoms with E-state index in [9.17, 15) is 9.59 Å². The van der Waals surface area contributed by atoms with Crippen molar-refractivity contribution in [3.63, 3.8) is 0 Å². The SMILES string of the molecule is CCc1cc2c(s1)CCO[C@@]21CCN(CC2CC(NC(=O)C3CC(=O)C3(C)C)C2)C(C)C1.[HH]. The number of thiophene rings is 1. The number of aryl methyl sites for hydroxylation is 1. The van der Waals surface area contributed by atoms with E-state index in [4.69, 9.17) is 4.74 Å². The molecule has 4 aliphatic rings. The standard InChI is InChI=1S/C26H38N2O3S.H2/c1-5-19-12-20-22(32-19)6-9-31-26(20)7-8-28(16(2)14-26)15-17-10-18(11-17)27-24(30)21-13-23(29)25(21,3)4;/h12,16-18,21H,5-11,13-15H2,1-4H3,(H,27,30);1H/t16?,17?,18?,21?,26-;/m1./s1. The van der Waals surface area contributed by atoms with Gasteiger partial charge in [0.1, 0.15) is 5.78 Å². The first-order valence-electron chi connectivity index (χ1n) is 12.6. The quantitative estimate of drug-likeness (QED) is 0.711. The van der Waals surface area contributed by atoms with E-state index in [0.717, 1.165) is 58.2 Å². The maximum atomic E-state index is 12.5. The van der Waals surface area contributed by atoms with Crippen molar-refractivity contribution in [3.8, 4) is 0 Å². The lowest BCUT2D eigenvalue weighted by Gasteiger charge is -2.49. The second kappa shape index (κ2) is 8.21. The summed E-state index contributed by atoms with van der Waals surface area (Å²) in [4.78, 5) is 30.0. The minimum Gasteiger partial charge on any atom is -0.370 e. The zero-order valence-electron chi connectivity index (χ0n) is 20.0. The van der Waals surface area contributed by atoms with E-state index in [0.29, 0.717) is 18.4 Å². The van der Waals surface area contributed by atoms with Crippen molar-refractivity contribution in [1.29, 1.82) is 0 Å². The summed E-state index contributed by atoms with van der Waals surface area (Å²) in [5.41, 5.74) is 0.936. The number of piperidine rings is 1. The fourth-order valence-electron chi connectivity index (χ4n) is 6.37. The first-order valence-corrected chi connectivity index (χ1v) is 13.4. The van der Waals surface area contributed by atoms with E-state index in [1.807, 2.05) is 25.2 Å². The van der Waals surface area contributed by atoms with Gasteiger partial charge in [-0.3, -0.25) is 9.59 Å². The number of fused-ring (bicyclic) bond motifs is 2. The van der Waals surface area contributed by atoms with Crippen LogP contribution in [0.15, 0.2) is 6.07 Å². The van der Waals surface area contributed by atoms with Crippen LogP contribution in [0.3, 0.4) is 0 Å². The molecule has 2 unspecified atom stereocenters. The van der Waals surface area contributed by atoms with Crippen molar-refractivity contribution in [2.45, 2.75) is 90.3 Å². The Kier molecular flexibility index (Phi) is 5.78. The molecule has 0 bridgehead atoms. The highest BCUT2D eigenvalue weighted by atomic mass is 32.1. The number of carbonyl (C=O) groups is 2. The van der Waals surface area contributed by atoms with Gasteiger partial charge in [0.15, 0.2) is 0 Å². The van der Waals surface area contributed by atoms with Gasteiger partial charge in [0, 0.05) is 54.6 Å². The molecule has 32 heavy (non-hydrogen) atoms. The first-order chi connectivity index (χ1) is 15.2. The molecular weight excluding hydrogens is 420 g/mol. The number of carbonyl (C=O) groups excluding carboxylic acids is 2. The Hall–Kier alpha value is -1.24. The van der Waals surface area contributed by atoms with E-state index in [-0.39, 0.29) is 30.7 Å². The minimum absolute atomic E-state index is 0. The third-order valence-corrected chi connectivity index (χ3v) is 10.2. The largest absolute Gasteiger partial charge is 0.370 e. The highest BCUT2D eigenvalue weighted by Gasteiger charge is 2.52. The Balaban J connectivity index is 0.00000259. The predicted molar refractivity (Wildman–Crippen MR) is 129 cm³/mol. The maximum absolute atomic E-state index is 12.5. The van der Waals surface area contributed by atoms with Gasteiger partial charge in [0.25, 0.3) is 0 Å². The van der Waals surface area contributed by atoms with E-state index >= 15 is 0 Å². The second-order valence-electron chi connectivity index (χ2n) is 11.2. The van der Waals surface area contributed by atoms with Crippen molar-refractivity contribution < 1.29 is 15.8 Å². The Labute approximate surface area is 197 Å². The lowest BCUT2D eigenvalue weighted by atomic mass is 9.61. The number of ketones is 1. The molecule has 1 spiro atoms. The summed E-state index contributed by atoms with van der Waals surface area (Å²) in [6.07, 6.45) is 6.89. The number of nitrogens with one attached hydrogen (secondary N) is 1. The molecule has 1 saturated heterocycles. The van der Waals surface area contributed by atoms with Crippen molar-refractivity contribution in [2.24, 2.45) is 17.3 Å². The number of likely N-dealkylation sites (tertiary alicyclic amines) is 1. The Bertz CT molecular complexity index is 909. The molecule has 2 aliphatic carbocycles. The summed E-state index contributed by atoms with van der Waals surface area (Å²) in [7, 11) is 0. The highest BCUT2D eigenvalue weighted by molar-refractivity contribution is 7.12. The van der Waals surface area contributed by atoms with Crippen LogP contribution in [0.25, 0.3) is 0 Å². The zero-order chi connectivity index (χ0) is 22.7. The number of hydrogen-bond donors (Lipinski definition) is 1. The smallest absolute Gasteiger partial charge is 0.224 e. The molecule has 0 radical (unpaired) electrons. The van der Waals surface area contributed by atoms with Gasteiger partial charge in [-0.1, -0.05) is 20.8 Å². The third kappa shape index (κ3) is 3.76. The fraction of sp³-hybridized carbons (Fsp3) is 0.769. The number of nitrogens with zero attached hydrogens (tertiary/aromatic N) is 1. The van der Waals surface area contributed by atoms with Gasteiger partial charge in [-0.25, -0.2) is 0 Å². The Morgan fingerprint density at radius 3 is 2.81 bits per heavy atom. The molecule has 1 aromatic rings. The average Bonchev–Trinajstić information content (AvgIpc) is 3.17. The molecule has 6 heteroatoms. The van der Waals surface area contributed by atoms with Crippen molar-refractivity contribution in [3.05, 3.63) is 21.4 Å². The number of Topliss-reactive ketones (excluding diaryl/α,β-unsaturated/α-hetero) is 1. The van der Waals surface area contributed by atoms with Gasteiger partial charge in [0.05, 0.1) is 18.1 Å². The summed E-state index contributed by atoms with van der Waals surface area (Å²) in [5.74, 6) is 0.809. The first kappa shape index (κ1) is 22.5. The molecule has 1 aromatic heterocycles. The molecule has 5 nitrogen and oxygen atoms in total. The van der Waals surface area contributed by atoms with Gasteiger partial charge < -0.3 is 15.0 Å². The third-order valence-electron chi connectivity index (χ3n) is 8.83. The molecule has 3 heterocycles. The lowest BCUT2D eigenvalue weighted by molar-refractivity contribution is -0.153. The van der Waals surface area contributed by atoms with Gasteiger partial charge in [-0.2, -0.15) is 0 Å². The van der Waals surface area contributed by atoms with Crippen LogP contribution in [0, 0.1) is 17.3 Å². The molecule has 2 aliphatic heterocycles. The van der Waals surface area contributed by atoms with Crippen LogP contribution < -0.4 is 5.32 Å². The summed E-state index contributed by atoms with van der Waals surface area (Å²) in [5, 5.41) is 3.21. The van der Waals surface area contributed by atoms with Crippen molar-refractivity contribution >= 4 is 23.0 Å². The van der Waals surface area contributed by atoms with Crippen molar-refractivity contribution in [2.75, 3.05) is 19.7 Å². The molecule has 2 saturated carbocycles. The van der Waals surface area contributed by atoms with Crippen LogP contribution in [-0.4, -0.2) is 48.4 Å². The van der Waals surface area contributed by atoms with Gasteiger partial charge in [-0.05, 0) is 56.6 Å². The number of amides is 1. The molecule has 5 rings (SSSR count). The summed E-state index contributed by atoms with van der Waals surface area (Å²) >= 11 is 1.99. The summed E-state index contributed by atoms with van der Waals surface area (Å²) in [6.45, 7) is 11.5. The minimum atomic E-state index is -0.478. The van der Waals surface area contributed by atoms with E-state index in [2.05, 4.69) is 30.1 Å². The molecule has 0 aromatic carbocycles. The highest BCUT2D eigenvalue weighted by Crippen LogP contribution is 2.47. The maximum Gasteiger partial charge on any atom is 0.224 e. The van der Waals surface area contributed by atoms with Gasteiger partial charge >= 0.3 is 0 Å².